The Hall–Kier alpha value is -5.23. The Morgan fingerprint density at radius 3 is 1.37 bits per heavy atom. The first-order chi connectivity index (χ1) is 20.3. The number of rotatable bonds is 12. The molecule has 0 fully saturated rings. The van der Waals surface area contributed by atoms with Crippen LogP contribution in [0, 0.1) is 0 Å². The third-order valence-corrected chi connectivity index (χ3v) is 6.51. The van der Waals surface area contributed by atoms with Crippen molar-refractivity contribution in [2.75, 3.05) is 0 Å². The molecule has 0 N–H and O–H groups in total. The minimum atomic E-state index is 0.256. The molecule has 6 aromatic rings. The van der Waals surface area contributed by atoms with Gasteiger partial charge in [-0.05, 0) is 22.3 Å². The van der Waals surface area contributed by atoms with E-state index in [1.165, 1.54) is 0 Å². The van der Waals surface area contributed by atoms with Crippen molar-refractivity contribution in [1.82, 2.24) is 5.16 Å². The van der Waals surface area contributed by atoms with Crippen molar-refractivity contribution >= 4 is 10.9 Å². The summed E-state index contributed by atoms with van der Waals surface area (Å²) in [6.45, 7) is 1.29. The summed E-state index contributed by atoms with van der Waals surface area (Å²) in [7, 11) is 0. The van der Waals surface area contributed by atoms with Gasteiger partial charge in [-0.2, -0.15) is 0 Å². The average Bonchev–Trinajstić information content (AvgIpc) is 3.45. The summed E-state index contributed by atoms with van der Waals surface area (Å²) in [6.07, 6.45) is 0. The van der Waals surface area contributed by atoms with Crippen LogP contribution in [0.5, 0.6) is 23.2 Å². The SMILES string of the molecule is c1ccc(COc2cc3noc(OCc4ccccc4)c3c(OCc3ccccc3)c2OCc2ccccc2)cc1. The lowest BCUT2D eigenvalue weighted by atomic mass is 10.2. The van der Waals surface area contributed by atoms with Crippen molar-refractivity contribution in [1.29, 1.82) is 0 Å². The van der Waals surface area contributed by atoms with E-state index in [4.69, 9.17) is 23.5 Å². The molecule has 0 atom stereocenters. The third-order valence-electron chi connectivity index (χ3n) is 6.51. The largest absolute Gasteiger partial charge is 0.485 e. The highest BCUT2D eigenvalue weighted by molar-refractivity contribution is 5.94. The predicted molar refractivity (Wildman–Crippen MR) is 157 cm³/mol. The molecule has 0 amide bonds. The molecule has 1 heterocycles. The highest BCUT2D eigenvalue weighted by atomic mass is 16.6. The van der Waals surface area contributed by atoms with Gasteiger partial charge in [0.1, 0.15) is 37.3 Å². The highest BCUT2D eigenvalue weighted by Gasteiger charge is 2.25. The number of hydrogen-bond acceptors (Lipinski definition) is 6. The minimum Gasteiger partial charge on any atom is -0.485 e. The quantitative estimate of drug-likeness (QED) is 0.155. The van der Waals surface area contributed by atoms with E-state index in [9.17, 15) is 0 Å². The monoisotopic (exact) mass is 543 g/mol. The van der Waals surface area contributed by atoms with Crippen LogP contribution in [-0.4, -0.2) is 5.16 Å². The zero-order chi connectivity index (χ0) is 27.7. The second-order valence-electron chi connectivity index (χ2n) is 9.49. The summed E-state index contributed by atoms with van der Waals surface area (Å²) >= 11 is 0. The molecule has 0 saturated heterocycles. The van der Waals surface area contributed by atoms with Gasteiger partial charge in [0.15, 0.2) is 11.5 Å². The molecule has 6 rings (SSSR count). The Bertz CT molecular complexity index is 1670. The van der Waals surface area contributed by atoms with Crippen LogP contribution in [0.15, 0.2) is 132 Å². The molecule has 0 aliphatic rings. The number of nitrogens with zero attached hydrogens (tertiary/aromatic N) is 1. The number of benzene rings is 5. The second-order valence-corrected chi connectivity index (χ2v) is 9.49. The van der Waals surface area contributed by atoms with Crippen LogP contribution in [0.4, 0.5) is 0 Å². The Balaban J connectivity index is 1.40. The summed E-state index contributed by atoms with van der Waals surface area (Å²) in [4.78, 5) is 0. The van der Waals surface area contributed by atoms with Gasteiger partial charge in [0.25, 0.3) is 0 Å². The van der Waals surface area contributed by atoms with E-state index in [0.29, 0.717) is 54.6 Å². The standard InChI is InChI=1S/C35H29NO5/c1-5-13-26(14-6-1)22-37-31-21-30-32(35(41-36-30)40-25-29-19-11-4-12-20-29)34(39-24-28-17-9-3-10-18-28)33(31)38-23-27-15-7-2-8-16-27/h1-21H,22-25H2. The maximum atomic E-state index is 6.48. The first-order valence-electron chi connectivity index (χ1n) is 13.5. The lowest BCUT2D eigenvalue weighted by Crippen LogP contribution is -2.05. The minimum absolute atomic E-state index is 0.256. The Morgan fingerprint density at radius 2 is 0.878 bits per heavy atom. The molecule has 1 aromatic heterocycles. The van der Waals surface area contributed by atoms with Gasteiger partial charge in [-0.1, -0.05) is 126 Å². The molecule has 0 spiro atoms. The van der Waals surface area contributed by atoms with Crippen LogP contribution >= 0.6 is 0 Å². The van der Waals surface area contributed by atoms with E-state index in [-0.39, 0.29) is 5.95 Å². The fourth-order valence-electron chi connectivity index (χ4n) is 4.41. The van der Waals surface area contributed by atoms with E-state index in [2.05, 4.69) is 5.16 Å². The Morgan fingerprint density at radius 1 is 0.463 bits per heavy atom. The van der Waals surface area contributed by atoms with Crippen molar-refractivity contribution in [3.05, 3.63) is 150 Å². The molecule has 41 heavy (non-hydrogen) atoms. The molecule has 0 saturated carbocycles. The highest BCUT2D eigenvalue weighted by Crippen LogP contribution is 2.48. The van der Waals surface area contributed by atoms with Crippen molar-refractivity contribution in [3.63, 3.8) is 0 Å². The van der Waals surface area contributed by atoms with Gasteiger partial charge in [-0.3, -0.25) is 0 Å². The summed E-state index contributed by atoms with van der Waals surface area (Å²) in [5.41, 5.74) is 4.61. The van der Waals surface area contributed by atoms with Crippen molar-refractivity contribution in [2.24, 2.45) is 0 Å². The predicted octanol–water partition coefficient (Wildman–Crippen LogP) is 8.14. The van der Waals surface area contributed by atoms with E-state index < -0.39 is 0 Å². The second kappa shape index (κ2) is 12.7. The maximum Gasteiger partial charge on any atom is 0.323 e. The number of ether oxygens (including phenoxy) is 4. The number of hydrogen-bond donors (Lipinski definition) is 0. The average molecular weight is 544 g/mol. The smallest absolute Gasteiger partial charge is 0.323 e. The molecule has 6 heteroatoms. The lowest BCUT2D eigenvalue weighted by Gasteiger charge is -2.18. The molecular weight excluding hydrogens is 514 g/mol. The third kappa shape index (κ3) is 6.50. The van der Waals surface area contributed by atoms with Gasteiger partial charge in [0.2, 0.25) is 5.75 Å². The fourth-order valence-corrected chi connectivity index (χ4v) is 4.41. The summed E-state index contributed by atoms with van der Waals surface area (Å²) in [5.74, 6) is 1.67. The van der Waals surface area contributed by atoms with Gasteiger partial charge < -0.3 is 23.5 Å². The van der Waals surface area contributed by atoms with E-state index in [1.54, 1.807) is 0 Å². The zero-order valence-corrected chi connectivity index (χ0v) is 22.4. The van der Waals surface area contributed by atoms with Crippen LogP contribution in [0.3, 0.4) is 0 Å². The first kappa shape index (κ1) is 26.0. The van der Waals surface area contributed by atoms with E-state index >= 15 is 0 Å². The van der Waals surface area contributed by atoms with Crippen LogP contribution < -0.4 is 18.9 Å². The summed E-state index contributed by atoms with van der Waals surface area (Å²) < 4.78 is 31.1. The molecule has 0 radical (unpaired) electrons. The van der Waals surface area contributed by atoms with Crippen molar-refractivity contribution in [2.45, 2.75) is 26.4 Å². The first-order valence-corrected chi connectivity index (χ1v) is 13.5. The molecule has 0 unspecified atom stereocenters. The molecule has 0 aliphatic carbocycles. The van der Waals surface area contributed by atoms with Gasteiger partial charge in [-0.25, -0.2) is 0 Å². The van der Waals surface area contributed by atoms with Gasteiger partial charge in [-0.15, -0.1) is 0 Å². The van der Waals surface area contributed by atoms with Crippen LogP contribution in [0.2, 0.25) is 0 Å². The number of fused-ring (bicyclic) bond motifs is 1. The molecule has 6 nitrogen and oxygen atoms in total. The van der Waals surface area contributed by atoms with Crippen LogP contribution in [0.1, 0.15) is 22.3 Å². The maximum absolute atomic E-state index is 6.48. The van der Waals surface area contributed by atoms with E-state index in [1.807, 2.05) is 127 Å². The topological polar surface area (TPSA) is 63.0 Å². The molecule has 204 valence electrons. The van der Waals surface area contributed by atoms with Crippen LogP contribution in [-0.2, 0) is 26.4 Å². The molecule has 5 aromatic carbocycles. The normalized spacial score (nSPS) is 10.8. The zero-order valence-electron chi connectivity index (χ0n) is 22.4. The Labute approximate surface area is 238 Å². The molecule has 0 aliphatic heterocycles. The van der Waals surface area contributed by atoms with Gasteiger partial charge >= 0.3 is 5.95 Å². The van der Waals surface area contributed by atoms with Gasteiger partial charge in [0.05, 0.1) is 0 Å². The van der Waals surface area contributed by atoms with Crippen molar-refractivity contribution < 1.29 is 23.5 Å². The molecular formula is C35H29NO5. The van der Waals surface area contributed by atoms with Gasteiger partial charge in [0, 0.05) is 6.07 Å². The van der Waals surface area contributed by atoms with Crippen LogP contribution in [0.25, 0.3) is 10.9 Å². The lowest BCUT2D eigenvalue weighted by molar-refractivity contribution is 0.207. The number of aromatic nitrogens is 1. The summed E-state index contributed by atoms with van der Waals surface area (Å²) in [5, 5.41) is 4.90. The fraction of sp³-hybridized carbons (Fsp3) is 0.114. The molecule has 0 bridgehead atoms. The van der Waals surface area contributed by atoms with Crippen molar-refractivity contribution in [3.8, 4) is 23.2 Å². The summed E-state index contributed by atoms with van der Waals surface area (Å²) in [6, 6.07) is 41.6. The van der Waals surface area contributed by atoms with E-state index in [0.717, 1.165) is 22.3 Å². The Kier molecular flexibility index (Phi) is 8.09.